The molecule has 1 amide bonds. The number of amides is 1. The van der Waals surface area contributed by atoms with E-state index in [4.69, 9.17) is 4.99 Å². The Bertz CT molecular complexity index is 659. The number of hydrogen-bond donors (Lipinski definition) is 1. The molecule has 3 rings (SSSR count). The molecule has 0 aliphatic carbocycles. The molecule has 1 N–H and O–H groups in total. The van der Waals surface area contributed by atoms with E-state index in [0.29, 0.717) is 12.5 Å². The largest absolute Gasteiger partial charge is 0.357 e. The van der Waals surface area contributed by atoms with Crippen LogP contribution in [0.25, 0.3) is 0 Å². The van der Waals surface area contributed by atoms with Crippen molar-refractivity contribution in [1.82, 2.24) is 20.0 Å². The van der Waals surface area contributed by atoms with Gasteiger partial charge in [-0.3, -0.25) is 14.7 Å². The number of aliphatic imine (C=N–C) groups is 1. The molecule has 6 nitrogen and oxygen atoms in total. The molecule has 2 saturated heterocycles. The number of carbonyl (C=O) groups excluding carboxylic acids is 1. The summed E-state index contributed by atoms with van der Waals surface area (Å²) in [6.07, 6.45) is 3.58. The lowest BCUT2D eigenvalue weighted by atomic mass is 9.92. The van der Waals surface area contributed by atoms with Gasteiger partial charge in [-0.25, -0.2) is 0 Å². The maximum atomic E-state index is 12.5. The first-order valence-electron chi connectivity index (χ1n) is 11.1. The molecule has 2 aliphatic rings. The molecular weight excluding hydrogens is 382 g/mol. The van der Waals surface area contributed by atoms with Gasteiger partial charge in [0.15, 0.2) is 5.96 Å². The van der Waals surface area contributed by atoms with Crippen LogP contribution in [0.15, 0.2) is 22.5 Å². The topological polar surface area (TPSA) is 51.2 Å². The average molecular weight is 420 g/mol. The highest BCUT2D eigenvalue weighted by Gasteiger charge is 2.25. The van der Waals surface area contributed by atoms with E-state index in [1.54, 1.807) is 11.3 Å². The number of hydrogen-bond acceptors (Lipinski definition) is 4. The molecular formula is C22H37N5OS. The Hall–Kier alpha value is -1.60. The van der Waals surface area contributed by atoms with Crippen molar-refractivity contribution in [3.63, 3.8) is 0 Å². The first kappa shape index (κ1) is 22.1. The molecule has 0 bridgehead atoms. The Labute approximate surface area is 180 Å². The highest BCUT2D eigenvalue weighted by atomic mass is 32.1. The Balaban J connectivity index is 1.52. The fraction of sp³-hybridized carbons (Fsp3) is 0.727. The second-order valence-electron chi connectivity index (χ2n) is 8.74. The van der Waals surface area contributed by atoms with Crippen LogP contribution in [0.5, 0.6) is 0 Å². The zero-order valence-corrected chi connectivity index (χ0v) is 19.1. The van der Waals surface area contributed by atoms with E-state index >= 15 is 0 Å². The van der Waals surface area contributed by atoms with Crippen LogP contribution in [0.3, 0.4) is 0 Å². The lowest BCUT2D eigenvalue weighted by Gasteiger charge is -2.37. The van der Waals surface area contributed by atoms with Gasteiger partial charge in [-0.15, -0.1) is 11.3 Å². The maximum absolute atomic E-state index is 12.5. The maximum Gasteiger partial charge on any atom is 0.236 e. The van der Waals surface area contributed by atoms with E-state index in [2.05, 4.69) is 53.4 Å². The molecule has 3 heterocycles. The quantitative estimate of drug-likeness (QED) is 0.569. The molecule has 2 aliphatic heterocycles. The van der Waals surface area contributed by atoms with E-state index in [0.717, 1.165) is 71.2 Å². The summed E-state index contributed by atoms with van der Waals surface area (Å²) in [5.74, 6) is 1.30. The summed E-state index contributed by atoms with van der Waals surface area (Å²) in [6, 6.07) is 4.31. The van der Waals surface area contributed by atoms with Gasteiger partial charge < -0.3 is 15.1 Å². The average Bonchev–Trinajstić information content (AvgIpc) is 3.28. The van der Waals surface area contributed by atoms with Crippen LogP contribution in [0.4, 0.5) is 0 Å². The predicted octanol–water partition coefficient (Wildman–Crippen LogP) is 2.62. The standard InChI is InChI=1S/C22H37N5OS/c1-4-23-21(24-18-22(2,3)19-9-8-16-29-19)27-14-12-25(13-15-27)17-20(28)26-10-6-5-7-11-26/h8-9,16H,4-7,10-15,17-18H2,1-3H3,(H,23,24). The van der Waals surface area contributed by atoms with Gasteiger partial charge in [-0.1, -0.05) is 19.9 Å². The second kappa shape index (κ2) is 10.4. The summed E-state index contributed by atoms with van der Waals surface area (Å²) < 4.78 is 0. The minimum atomic E-state index is 0.0392. The Morgan fingerprint density at radius 1 is 1.10 bits per heavy atom. The molecule has 1 aromatic rings. The van der Waals surface area contributed by atoms with Gasteiger partial charge in [0, 0.05) is 56.1 Å². The van der Waals surface area contributed by atoms with Gasteiger partial charge in [0.25, 0.3) is 0 Å². The molecule has 1 aromatic heterocycles. The number of guanidine groups is 1. The predicted molar refractivity (Wildman–Crippen MR) is 122 cm³/mol. The van der Waals surface area contributed by atoms with Crippen molar-refractivity contribution >= 4 is 23.2 Å². The van der Waals surface area contributed by atoms with Gasteiger partial charge in [0.2, 0.25) is 5.91 Å². The monoisotopic (exact) mass is 419 g/mol. The number of nitrogens with one attached hydrogen (secondary N) is 1. The molecule has 0 saturated carbocycles. The van der Waals surface area contributed by atoms with E-state index in [-0.39, 0.29) is 5.41 Å². The van der Waals surface area contributed by atoms with Crippen molar-refractivity contribution < 1.29 is 4.79 Å². The molecule has 2 fully saturated rings. The summed E-state index contributed by atoms with van der Waals surface area (Å²) in [6.45, 7) is 14.4. The van der Waals surface area contributed by atoms with Crippen molar-refractivity contribution in [3.05, 3.63) is 22.4 Å². The summed E-state index contributed by atoms with van der Waals surface area (Å²) in [4.78, 5) is 25.6. The third kappa shape index (κ3) is 6.19. The second-order valence-corrected chi connectivity index (χ2v) is 9.68. The molecule has 0 spiro atoms. The van der Waals surface area contributed by atoms with E-state index in [9.17, 15) is 4.79 Å². The minimum absolute atomic E-state index is 0.0392. The van der Waals surface area contributed by atoms with Crippen molar-refractivity contribution in [2.45, 2.75) is 45.4 Å². The molecule has 162 valence electrons. The number of piperidine rings is 1. The summed E-state index contributed by atoms with van der Waals surface area (Å²) in [5, 5.41) is 5.60. The summed E-state index contributed by atoms with van der Waals surface area (Å²) in [7, 11) is 0. The van der Waals surface area contributed by atoms with Crippen molar-refractivity contribution in [2.24, 2.45) is 4.99 Å². The SMILES string of the molecule is CCNC(=NCC(C)(C)c1cccs1)N1CCN(CC(=O)N2CCCCC2)CC1. The molecule has 0 radical (unpaired) electrons. The highest BCUT2D eigenvalue weighted by molar-refractivity contribution is 7.10. The number of piperazine rings is 1. The number of nitrogens with zero attached hydrogens (tertiary/aromatic N) is 4. The molecule has 0 atom stereocenters. The van der Waals surface area contributed by atoms with Crippen molar-refractivity contribution in [2.75, 3.05) is 58.9 Å². The van der Waals surface area contributed by atoms with Crippen LogP contribution in [0, 0.1) is 0 Å². The van der Waals surface area contributed by atoms with Gasteiger partial charge in [-0.05, 0) is 37.6 Å². The van der Waals surface area contributed by atoms with Crippen LogP contribution in [0.1, 0.15) is 44.9 Å². The third-order valence-corrected chi connectivity index (χ3v) is 7.12. The first-order chi connectivity index (χ1) is 14.0. The molecule has 0 aromatic carbocycles. The lowest BCUT2D eigenvalue weighted by molar-refractivity contribution is -0.133. The fourth-order valence-corrected chi connectivity index (χ4v) is 4.84. The Morgan fingerprint density at radius 2 is 1.83 bits per heavy atom. The van der Waals surface area contributed by atoms with Crippen LogP contribution in [-0.4, -0.2) is 85.5 Å². The zero-order chi connectivity index (χ0) is 20.7. The fourth-order valence-electron chi connectivity index (χ4n) is 3.99. The van der Waals surface area contributed by atoms with Gasteiger partial charge >= 0.3 is 0 Å². The smallest absolute Gasteiger partial charge is 0.236 e. The van der Waals surface area contributed by atoms with E-state index < -0.39 is 0 Å². The van der Waals surface area contributed by atoms with Gasteiger partial charge in [0.05, 0.1) is 13.1 Å². The first-order valence-corrected chi connectivity index (χ1v) is 11.9. The number of likely N-dealkylation sites (tertiary alicyclic amines) is 1. The number of thiophene rings is 1. The lowest BCUT2D eigenvalue weighted by Crippen LogP contribution is -2.54. The summed E-state index contributed by atoms with van der Waals surface area (Å²) in [5.41, 5.74) is 0.0392. The van der Waals surface area contributed by atoms with Crippen LogP contribution in [0.2, 0.25) is 0 Å². The van der Waals surface area contributed by atoms with Crippen LogP contribution in [-0.2, 0) is 10.2 Å². The Morgan fingerprint density at radius 3 is 2.45 bits per heavy atom. The summed E-state index contributed by atoms with van der Waals surface area (Å²) >= 11 is 1.80. The number of rotatable bonds is 6. The highest BCUT2D eigenvalue weighted by Crippen LogP contribution is 2.27. The van der Waals surface area contributed by atoms with Crippen LogP contribution >= 0.6 is 11.3 Å². The normalized spacial score (nSPS) is 19.5. The van der Waals surface area contributed by atoms with Gasteiger partial charge in [-0.2, -0.15) is 0 Å². The molecule has 29 heavy (non-hydrogen) atoms. The van der Waals surface area contributed by atoms with E-state index in [1.807, 2.05) is 4.90 Å². The molecule has 7 heteroatoms. The zero-order valence-electron chi connectivity index (χ0n) is 18.3. The van der Waals surface area contributed by atoms with Crippen molar-refractivity contribution in [3.8, 4) is 0 Å². The third-order valence-electron chi connectivity index (χ3n) is 5.89. The number of carbonyl (C=O) groups is 1. The minimum Gasteiger partial charge on any atom is -0.357 e. The molecule has 0 unspecified atom stereocenters. The van der Waals surface area contributed by atoms with Crippen molar-refractivity contribution in [1.29, 1.82) is 0 Å². The van der Waals surface area contributed by atoms with E-state index in [1.165, 1.54) is 11.3 Å². The Kier molecular flexibility index (Phi) is 7.95. The van der Waals surface area contributed by atoms with Gasteiger partial charge in [0.1, 0.15) is 0 Å². The van der Waals surface area contributed by atoms with Crippen LogP contribution < -0.4 is 5.32 Å².